The Labute approximate surface area is 291 Å². The average Bonchev–Trinajstić information content (AvgIpc) is 3.87. The number of fused-ring (bicyclic) bond motifs is 9. The molecule has 4 heterocycles. The Hall–Kier alpha value is -6.98. The molecule has 5 heteroatoms. The molecule has 7 aromatic carbocycles. The zero-order valence-electron chi connectivity index (χ0n) is 27.2. The van der Waals surface area contributed by atoms with Gasteiger partial charge in [0.05, 0.1) is 22.4 Å². The van der Waals surface area contributed by atoms with Gasteiger partial charge in [-0.3, -0.25) is 0 Å². The minimum Gasteiger partial charge on any atom is -0.456 e. The second kappa shape index (κ2) is 10.8. The summed E-state index contributed by atoms with van der Waals surface area (Å²) in [6, 6.07) is 56.7. The summed E-state index contributed by atoms with van der Waals surface area (Å²) in [5, 5.41) is 6.83. The standard InChI is InChI=1S/C46H27N3O2/c1-5-13-40-32(9-1)33-10-2-6-14-41(33)49(40)31-21-17-28(18-22-31)38-27-39(29-19-23-36-34-11-3-7-15-42(34)50-44(36)25-29)48-46(47-38)30-20-24-37-35-12-4-8-16-43(35)51-45(37)26-30/h1-27H. The maximum Gasteiger partial charge on any atom is 0.160 e. The van der Waals surface area contributed by atoms with Crippen LogP contribution < -0.4 is 0 Å². The first-order chi connectivity index (χ1) is 25.2. The van der Waals surface area contributed by atoms with Crippen molar-refractivity contribution in [3.8, 4) is 39.6 Å². The quantitative estimate of drug-likeness (QED) is 0.190. The summed E-state index contributed by atoms with van der Waals surface area (Å²) in [7, 11) is 0. The Kier molecular flexibility index (Phi) is 5.89. The first-order valence-electron chi connectivity index (χ1n) is 17.1. The summed E-state index contributed by atoms with van der Waals surface area (Å²) in [6.45, 7) is 0. The van der Waals surface area contributed by atoms with E-state index in [-0.39, 0.29) is 0 Å². The molecule has 238 valence electrons. The molecule has 0 radical (unpaired) electrons. The van der Waals surface area contributed by atoms with Gasteiger partial charge in [-0.2, -0.15) is 0 Å². The molecule has 4 aromatic heterocycles. The highest BCUT2D eigenvalue weighted by atomic mass is 16.3. The van der Waals surface area contributed by atoms with Crippen LogP contribution in [0.15, 0.2) is 173 Å². The minimum atomic E-state index is 0.626. The van der Waals surface area contributed by atoms with Gasteiger partial charge in [-0.05, 0) is 66.7 Å². The van der Waals surface area contributed by atoms with E-state index in [1.807, 2.05) is 42.5 Å². The molecule has 0 aliphatic rings. The zero-order chi connectivity index (χ0) is 33.5. The zero-order valence-corrected chi connectivity index (χ0v) is 27.2. The third-order valence-electron chi connectivity index (χ3n) is 10.0. The van der Waals surface area contributed by atoms with E-state index >= 15 is 0 Å². The van der Waals surface area contributed by atoms with Crippen LogP contribution in [0.25, 0.3) is 105 Å². The molecule has 0 aliphatic heterocycles. The Bertz CT molecular complexity index is 2960. The van der Waals surface area contributed by atoms with E-state index in [2.05, 4.69) is 126 Å². The fourth-order valence-electron chi connectivity index (χ4n) is 7.60. The summed E-state index contributed by atoms with van der Waals surface area (Å²) in [4.78, 5) is 10.3. The lowest BCUT2D eigenvalue weighted by molar-refractivity contribution is 0.668. The fourth-order valence-corrected chi connectivity index (χ4v) is 7.60. The Morgan fingerprint density at radius 2 is 0.804 bits per heavy atom. The van der Waals surface area contributed by atoms with Gasteiger partial charge in [-0.1, -0.05) is 97.1 Å². The number of benzene rings is 7. The monoisotopic (exact) mass is 653 g/mol. The van der Waals surface area contributed by atoms with Crippen molar-refractivity contribution in [3.63, 3.8) is 0 Å². The molecule has 0 saturated heterocycles. The normalized spacial score (nSPS) is 11.9. The van der Waals surface area contributed by atoms with Crippen LogP contribution in [0.5, 0.6) is 0 Å². The molecule has 0 bridgehead atoms. The lowest BCUT2D eigenvalue weighted by Crippen LogP contribution is -1.97. The van der Waals surface area contributed by atoms with Gasteiger partial charge in [-0.25, -0.2) is 9.97 Å². The molecule has 11 rings (SSSR count). The number of hydrogen-bond donors (Lipinski definition) is 0. The number of rotatable bonds is 4. The fraction of sp³-hybridized carbons (Fsp3) is 0. The Balaban J connectivity index is 1.08. The Morgan fingerprint density at radius 3 is 1.41 bits per heavy atom. The highest BCUT2D eigenvalue weighted by molar-refractivity contribution is 6.09. The van der Waals surface area contributed by atoms with E-state index in [0.717, 1.165) is 77.6 Å². The molecule has 0 saturated carbocycles. The molecule has 11 aromatic rings. The van der Waals surface area contributed by atoms with Crippen LogP contribution >= 0.6 is 0 Å². The van der Waals surface area contributed by atoms with Gasteiger partial charge < -0.3 is 13.4 Å². The van der Waals surface area contributed by atoms with Crippen LogP contribution in [0.4, 0.5) is 0 Å². The van der Waals surface area contributed by atoms with Gasteiger partial charge >= 0.3 is 0 Å². The highest BCUT2D eigenvalue weighted by Gasteiger charge is 2.16. The molecule has 0 fully saturated rings. The van der Waals surface area contributed by atoms with Crippen molar-refractivity contribution in [2.24, 2.45) is 0 Å². The van der Waals surface area contributed by atoms with Gasteiger partial charge in [-0.15, -0.1) is 0 Å². The van der Waals surface area contributed by atoms with Crippen LogP contribution in [0.2, 0.25) is 0 Å². The average molecular weight is 654 g/mol. The Morgan fingerprint density at radius 1 is 0.353 bits per heavy atom. The maximum atomic E-state index is 6.27. The van der Waals surface area contributed by atoms with Gasteiger partial charge in [0.15, 0.2) is 5.82 Å². The van der Waals surface area contributed by atoms with Gasteiger partial charge in [0.25, 0.3) is 0 Å². The number of para-hydroxylation sites is 4. The summed E-state index contributed by atoms with van der Waals surface area (Å²) < 4.78 is 14.9. The molecule has 0 unspecified atom stereocenters. The van der Waals surface area contributed by atoms with E-state index in [4.69, 9.17) is 18.8 Å². The first kappa shape index (κ1) is 27.9. The molecule has 0 atom stereocenters. The molecule has 0 aliphatic carbocycles. The molecular formula is C46H27N3O2. The molecule has 0 spiro atoms. The lowest BCUT2D eigenvalue weighted by atomic mass is 10.0. The number of furan rings is 2. The van der Waals surface area contributed by atoms with E-state index in [1.165, 1.54) is 21.8 Å². The van der Waals surface area contributed by atoms with Crippen LogP contribution in [-0.4, -0.2) is 14.5 Å². The number of hydrogen-bond acceptors (Lipinski definition) is 4. The topological polar surface area (TPSA) is 57.0 Å². The van der Waals surface area contributed by atoms with Crippen molar-refractivity contribution in [3.05, 3.63) is 164 Å². The molecular weight excluding hydrogens is 627 g/mol. The van der Waals surface area contributed by atoms with Crippen molar-refractivity contribution in [2.75, 3.05) is 0 Å². The van der Waals surface area contributed by atoms with E-state index in [9.17, 15) is 0 Å². The third-order valence-corrected chi connectivity index (χ3v) is 10.0. The van der Waals surface area contributed by atoms with Gasteiger partial charge in [0.2, 0.25) is 0 Å². The summed E-state index contributed by atoms with van der Waals surface area (Å²) in [5.41, 5.74) is 11.3. The van der Waals surface area contributed by atoms with Crippen molar-refractivity contribution in [1.82, 2.24) is 14.5 Å². The van der Waals surface area contributed by atoms with E-state index in [1.54, 1.807) is 0 Å². The predicted molar refractivity (Wildman–Crippen MR) is 207 cm³/mol. The minimum absolute atomic E-state index is 0.626. The van der Waals surface area contributed by atoms with Crippen LogP contribution in [0, 0.1) is 0 Å². The SMILES string of the molecule is c1ccc2c(c1)oc1cc(-c3cc(-c4ccc(-n5c6ccccc6c6ccccc65)cc4)nc(-c4ccc5c(c4)oc4ccccc45)n3)ccc12. The summed E-state index contributed by atoms with van der Waals surface area (Å²) in [5.74, 6) is 0.626. The second-order valence-electron chi connectivity index (χ2n) is 13.0. The molecule has 51 heavy (non-hydrogen) atoms. The first-order valence-corrected chi connectivity index (χ1v) is 17.1. The smallest absolute Gasteiger partial charge is 0.160 e. The van der Waals surface area contributed by atoms with Gasteiger partial charge in [0.1, 0.15) is 22.3 Å². The lowest BCUT2D eigenvalue weighted by Gasteiger charge is -2.11. The molecule has 0 amide bonds. The summed E-state index contributed by atoms with van der Waals surface area (Å²) >= 11 is 0. The van der Waals surface area contributed by atoms with Crippen LogP contribution in [-0.2, 0) is 0 Å². The molecule has 0 N–H and O–H groups in total. The largest absolute Gasteiger partial charge is 0.456 e. The van der Waals surface area contributed by atoms with Crippen LogP contribution in [0.3, 0.4) is 0 Å². The predicted octanol–water partition coefficient (Wildman–Crippen LogP) is 12.4. The van der Waals surface area contributed by atoms with Crippen LogP contribution in [0.1, 0.15) is 0 Å². The summed E-state index contributed by atoms with van der Waals surface area (Å²) in [6.07, 6.45) is 0. The second-order valence-corrected chi connectivity index (χ2v) is 13.0. The highest BCUT2D eigenvalue weighted by Crippen LogP contribution is 2.37. The van der Waals surface area contributed by atoms with Crippen molar-refractivity contribution < 1.29 is 8.83 Å². The molecule has 5 nitrogen and oxygen atoms in total. The van der Waals surface area contributed by atoms with Gasteiger partial charge in [0, 0.05) is 54.7 Å². The third kappa shape index (κ3) is 4.35. The number of nitrogens with zero attached hydrogens (tertiary/aromatic N) is 3. The van der Waals surface area contributed by atoms with Crippen molar-refractivity contribution >= 4 is 65.7 Å². The van der Waals surface area contributed by atoms with Crippen molar-refractivity contribution in [1.29, 1.82) is 0 Å². The van der Waals surface area contributed by atoms with E-state index in [0.29, 0.717) is 5.82 Å². The maximum absolute atomic E-state index is 6.27. The van der Waals surface area contributed by atoms with E-state index < -0.39 is 0 Å². The number of aromatic nitrogens is 3. The van der Waals surface area contributed by atoms with Crippen molar-refractivity contribution in [2.45, 2.75) is 0 Å².